The molecule has 0 bridgehead atoms. The first-order valence-electron chi connectivity index (χ1n) is 0.617. The molecule has 2 radical (unpaired) electrons. The minimum absolute atomic E-state index is 0. The van der Waals surface area contributed by atoms with Gasteiger partial charge in [-0.2, -0.15) is 0 Å². The number of rotatable bonds is 0. The third-order valence-corrected chi connectivity index (χ3v) is 0. The van der Waals surface area contributed by atoms with Gasteiger partial charge in [-0.25, -0.2) is 18.6 Å². The summed E-state index contributed by atoms with van der Waals surface area (Å²) in [7, 11) is -4.94. The Labute approximate surface area is 60.7 Å². The van der Waals surface area contributed by atoms with Crippen molar-refractivity contribution in [3.8, 4) is 0 Å². The Kier molecular flexibility index (Phi) is 11.5. The van der Waals surface area contributed by atoms with Crippen molar-refractivity contribution in [1.82, 2.24) is 0 Å². The Hall–Kier alpha value is 0.973. The van der Waals surface area contributed by atoms with Crippen molar-refractivity contribution in [2.45, 2.75) is 0 Å². The maximum Gasteiger partial charge on any atom is 3.00 e. The zero-order chi connectivity index (χ0) is 4.50. The predicted octanol–water partition coefficient (Wildman–Crippen LogP) is -5.26. The van der Waals surface area contributed by atoms with Crippen LogP contribution >= 0.6 is 0 Å². The second kappa shape index (κ2) is 5.12. The van der Waals surface area contributed by atoms with E-state index in [9.17, 15) is 0 Å². The van der Waals surface area contributed by atoms with Gasteiger partial charge in [-0.1, -0.05) is 0 Å². The summed E-state index contributed by atoms with van der Waals surface area (Å²) in [4.78, 5) is 0. The summed E-state index contributed by atoms with van der Waals surface area (Å²) in [6.07, 6.45) is 0. The molecular formula is BiClO5. The summed E-state index contributed by atoms with van der Waals surface area (Å²) < 4.78 is 34.0. The molecule has 0 aliphatic carbocycles. The zero-order valence-electron chi connectivity index (χ0n) is 2.87. The molecule has 0 aromatic carbocycles. The predicted molar refractivity (Wildman–Crippen MR) is 6.44 cm³/mol. The van der Waals surface area contributed by atoms with E-state index in [-0.39, 0.29) is 31.7 Å². The van der Waals surface area contributed by atoms with Gasteiger partial charge < -0.3 is 5.48 Å². The van der Waals surface area contributed by atoms with Gasteiger partial charge in [0.25, 0.3) is 0 Å². The van der Waals surface area contributed by atoms with Crippen LogP contribution in [0.15, 0.2) is 0 Å². The monoisotopic (exact) mass is 324 g/mol. The largest absolute Gasteiger partial charge is 3.00 e. The van der Waals surface area contributed by atoms with Crippen LogP contribution in [0.4, 0.5) is 0 Å². The fourth-order valence-electron chi connectivity index (χ4n) is 0. The molecule has 0 saturated heterocycles. The molecule has 5 nitrogen and oxygen atoms in total. The fraction of sp³-hybridized carbons (Fsp3) is 0. The van der Waals surface area contributed by atoms with Crippen LogP contribution in [0.5, 0.6) is 0 Å². The van der Waals surface area contributed by atoms with Crippen LogP contribution in [0.25, 0.3) is 0 Å². The van der Waals surface area contributed by atoms with Crippen molar-refractivity contribution < 1.29 is 34.4 Å². The van der Waals surface area contributed by atoms with E-state index in [0.717, 1.165) is 0 Å². The molecule has 0 spiro atoms. The van der Waals surface area contributed by atoms with E-state index in [1.54, 1.807) is 0 Å². The second-order valence-electron chi connectivity index (χ2n) is 0.378. The van der Waals surface area contributed by atoms with Gasteiger partial charge in [0.15, 0.2) is 0 Å². The van der Waals surface area contributed by atoms with Crippen molar-refractivity contribution in [2.75, 3.05) is 0 Å². The van der Waals surface area contributed by atoms with Crippen LogP contribution in [0.2, 0.25) is 0 Å². The molecular weight excluding hydrogens is 324 g/mol. The van der Waals surface area contributed by atoms with Gasteiger partial charge in [-0.05, 0) is 0 Å². The SMILES string of the molecule is [Bi+3].[O-2].[O-][Cl+3]([O-])([O-])[O-]. The van der Waals surface area contributed by atoms with Gasteiger partial charge in [0.1, 0.15) is 0 Å². The molecule has 0 aliphatic rings. The van der Waals surface area contributed by atoms with Crippen LogP contribution < -0.4 is 18.6 Å². The molecule has 0 rings (SSSR count). The summed E-state index contributed by atoms with van der Waals surface area (Å²) in [5, 5.41) is 0. The molecule has 0 heterocycles. The van der Waals surface area contributed by atoms with Crippen LogP contribution in [0.3, 0.4) is 0 Å². The zero-order valence-corrected chi connectivity index (χ0v) is 7.10. The van der Waals surface area contributed by atoms with Gasteiger partial charge in [0.2, 0.25) is 0 Å². The molecule has 0 atom stereocenters. The summed E-state index contributed by atoms with van der Waals surface area (Å²) in [5.41, 5.74) is 0. The van der Waals surface area contributed by atoms with E-state index < -0.39 is 10.2 Å². The Morgan fingerprint density at radius 2 is 0.857 bits per heavy atom. The molecule has 0 aliphatic heterocycles. The Morgan fingerprint density at radius 1 is 0.857 bits per heavy atom. The number of hydrogen-bond donors (Lipinski definition) is 0. The van der Waals surface area contributed by atoms with E-state index in [1.807, 2.05) is 0 Å². The molecule has 0 unspecified atom stereocenters. The first-order valence-corrected chi connectivity index (χ1v) is 1.85. The minimum Gasteiger partial charge on any atom is -2.00 e. The average Bonchev–Trinajstić information content (AvgIpc) is 0.722. The van der Waals surface area contributed by atoms with E-state index in [0.29, 0.717) is 0 Å². The molecule has 0 aromatic rings. The summed E-state index contributed by atoms with van der Waals surface area (Å²) >= 11 is 0. The molecule has 42 valence electrons. The maximum absolute atomic E-state index is 8.49. The van der Waals surface area contributed by atoms with Gasteiger partial charge in [0, 0.05) is 0 Å². The van der Waals surface area contributed by atoms with Crippen LogP contribution in [0.1, 0.15) is 0 Å². The first kappa shape index (κ1) is 15.7. The Bertz CT molecular complexity index is 23.6. The number of halogens is 1. The summed E-state index contributed by atoms with van der Waals surface area (Å²) in [6.45, 7) is 0. The van der Waals surface area contributed by atoms with Crippen LogP contribution in [-0.4, -0.2) is 26.2 Å². The maximum atomic E-state index is 8.49. The van der Waals surface area contributed by atoms with Crippen LogP contribution in [0, 0.1) is 10.2 Å². The molecule has 7 heteroatoms. The third-order valence-electron chi connectivity index (χ3n) is 0. The van der Waals surface area contributed by atoms with Crippen molar-refractivity contribution in [3.63, 3.8) is 0 Å². The van der Waals surface area contributed by atoms with Crippen LogP contribution in [-0.2, 0) is 5.48 Å². The molecule has 0 fully saturated rings. The van der Waals surface area contributed by atoms with E-state index in [1.165, 1.54) is 0 Å². The summed E-state index contributed by atoms with van der Waals surface area (Å²) in [5.74, 6) is 0. The van der Waals surface area contributed by atoms with E-state index in [2.05, 4.69) is 0 Å². The molecule has 0 amide bonds. The van der Waals surface area contributed by atoms with Crippen molar-refractivity contribution in [1.29, 1.82) is 0 Å². The topological polar surface area (TPSA) is 121 Å². The normalized spacial score (nSPS) is 8.57. The molecule has 0 aromatic heterocycles. The molecule has 7 heavy (non-hydrogen) atoms. The van der Waals surface area contributed by atoms with E-state index >= 15 is 0 Å². The fourth-order valence-corrected chi connectivity index (χ4v) is 0. The minimum atomic E-state index is -4.94. The average molecular weight is 324 g/mol. The Morgan fingerprint density at radius 3 is 0.857 bits per heavy atom. The smallest absolute Gasteiger partial charge is 2.00 e. The third kappa shape index (κ3) is 182. The van der Waals surface area contributed by atoms with Crippen molar-refractivity contribution >= 4 is 26.2 Å². The first-order chi connectivity index (χ1) is 2.00. The van der Waals surface area contributed by atoms with E-state index in [4.69, 9.17) is 18.6 Å². The molecule has 0 N–H and O–H groups in total. The van der Waals surface area contributed by atoms with Gasteiger partial charge in [-0.15, -0.1) is 10.2 Å². The number of hydrogen-bond acceptors (Lipinski definition) is 4. The molecule has 0 saturated carbocycles. The van der Waals surface area contributed by atoms with Gasteiger partial charge in [-0.3, -0.25) is 0 Å². The summed E-state index contributed by atoms with van der Waals surface area (Å²) in [6, 6.07) is 0. The second-order valence-corrected chi connectivity index (χ2v) is 1.13. The van der Waals surface area contributed by atoms with Gasteiger partial charge >= 0.3 is 26.2 Å². The van der Waals surface area contributed by atoms with Crippen molar-refractivity contribution in [2.24, 2.45) is 0 Å². The van der Waals surface area contributed by atoms with Gasteiger partial charge in [0.05, 0.1) is 0 Å². The standard InChI is InChI=1S/Bi.ClHO4.O/c;2-1(3,4)5;/h;(H,2,3,4,5);/q+3;;-2/p-1. The van der Waals surface area contributed by atoms with Crippen molar-refractivity contribution in [3.05, 3.63) is 0 Å². The quantitative estimate of drug-likeness (QED) is 0.413. The Balaban J connectivity index is -0.0000000800.